The summed E-state index contributed by atoms with van der Waals surface area (Å²) in [5, 5.41) is 5.16. The Hall–Kier alpha value is -2.81. The summed E-state index contributed by atoms with van der Waals surface area (Å²) in [6.45, 7) is 1.50. The number of para-hydroxylation sites is 1. The van der Waals surface area contributed by atoms with E-state index in [0.29, 0.717) is 11.4 Å². The highest BCUT2D eigenvalue weighted by molar-refractivity contribution is 7.80. The molecule has 2 N–H and O–H groups in total. The van der Waals surface area contributed by atoms with Gasteiger partial charge in [0.1, 0.15) is 5.75 Å². The van der Waals surface area contributed by atoms with Gasteiger partial charge in [-0.25, -0.2) is 0 Å². The molecule has 0 bridgehead atoms. The van der Waals surface area contributed by atoms with Gasteiger partial charge in [0, 0.05) is 13.1 Å². The van der Waals surface area contributed by atoms with Crippen molar-refractivity contribution in [2.24, 2.45) is 0 Å². The van der Waals surface area contributed by atoms with Gasteiger partial charge in [-0.05, 0) is 55.4 Å². The fourth-order valence-corrected chi connectivity index (χ4v) is 3.41. The second kappa shape index (κ2) is 8.69. The van der Waals surface area contributed by atoms with E-state index in [-0.39, 0.29) is 16.4 Å². The summed E-state index contributed by atoms with van der Waals surface area (Å²) in [7, 11) is 1.44. The number of benzene rings is 2. The highest BCUT2D eigenvalue weighted by atomic mass is 32.1. The molecule has 1 amide bonds. The zero-order valence-electron chi connectivity index (χ0n) is 15.7. The summed E-state index contributed by atoms with van der Waals surface area (Å²) in [6, 6.07) is 10.1. The predicted molar refractivity (Wildman–Crippen MR) is 110 cm³/mol. The maximum absolute atomic E-state index is 13.2. The third-order valence-corrected chi connectivity index (χ3v) is 4.80. The highest BCUT2D eigenvalue weighted by Crippen LogP contribution is 2.36. The normalized spacial score (nSPS) is 13.9. The van der Waals surface area contributed by atoms with E-state index < -0.39 is 17.6 Å². The van der Waals surface area contributed by atoms with Gasteiger partial charge in [0.05, 0.1) is 29.6 Å². The molecule has 2 aromatic carbocycles. The van der Waals surface area contributed by atoms with E-state index in [4.69, 9.17) is 17.0 Å². The van der Waals surface area contributed by atoms with Gasteiger partial charge in [0.15, 0.2) is 5.11 Å². The lowest BCUT2D eigenvalue weighted by molar-refractivity contribution is -0.137. The number of thiocarbonyl (C=S) groups is 1. The Balaban J connectivity index is 1.81. The van der Waals surface area contributed by atoms with Crippen LogP contribution in [0.4, 0.5) is 24.5 Å². The molecule has 0 saturated carbocycles. The molecular weight excluding hydrogens is 403 g/mol. The van der Waals surface area contributed by atoms with Crippen LogP contribution in [0.3, 0.4) is 0 Å². The molecule has 1 saturated heterocycles. The van der Waals surface area contributed by atoms with Crippen LogP contribution < -0.4 is 20.3 Å². The summed E-state index contributed by atoms with van der Waals surface area (Å²) in [5.41, 5.74) is 0.293. The molecule has 3 rings (SSSR count). The lowest BCUT2D eigenvalue weighted by Gasteiger charge is -2.23. The summed E-state index contributed by atoms with van der Waals surface area (Å²) in [5.74, 6) is -0.153. The number of nitrogens with zero attached hydrogens (tertiary/aromatic N) is 1. The zero-order chi connectivity index (χ0) is 21.0. The molecule has 1 aliphatic rings. The van der Waals surface area contributed by atoms with Crippen molar-refractivity contribution >= 4 is 34.6 Å². The minimum Gasteiger partial charge on any atom is -0.496 e. The molecule has 9 heteroatoms. The molecule has 0 unspecified atom stereocenters. The van der Waals surface area contributed by atoms with Crippen LogP contribution in [0.1, 0.15) is 28.8 Å². The van der Waals surface area contributed by atoms with Crippen LogP contribution in [0.2, 0.25) is 0 Å². The van der Waals surface area contributed by atoms with E-state index in [1.54, 1.807) is 24.3 Å². The maximum Gasteiger partial charge on any atom is 0.416 e. The monoisotopic (exact) mass is 423 g/mol. The van der Waals surface area contributed by atoms with Crippen LogP contribution in [0.25, 0.3) is 0 Å². The number of hydrogen-bond donors (Lipinski definition) is 2. The first-order valence-corrected chi connectivity index (χ1v) is 9.42. The van der Waals surface area contributed by atoms with E-state index >= 15 is 0 Å². The third-order valence-electron chi connectivity index (χ3n) is 4.60. The van der Waals surface area contributed by atoms with Gasteiger partial charge in [-0.3, -0.25) is 10.1 Å². The van der Waals surface area contributed by atoms with Crippen molar-refractivity contribution in [3.05, 3.63) is 53.6 Å². The summed E-state index contributed by atoms with van der Waals surface area (Å²) >= 11 is 5.18. The first kappa shape index (κ1) is 20.9. The average molecular weight is 423 g/mol. The molecule has 5 nitrogen and oxygen atoms in total. The third kappa shape index (κ3) is 4.97. The fraction of sp³-hybridized carbons (Fsp3) is 0.300. The average Bonchev–Trinajstić information content (AvgIpc) is 3.21. The Morgan fingerprint density at radius 3 is 2.48 bits per heavy atom. The number of anilines is 2. The molecular formula is C20H20F3N3O2S. The molecule has 1 aliphatic heterocycles. The number of alkyl halides is 3. The van der Waals surface area contributed by atoms with Gasteiger partial charge in [0.2, 0.25) is 0 Å². The summed E-state index contributed by atoms with van der Waals surface area (Å²) in [6.07, 6.45) is -2.55. The first-order valence-electron chi connectivity index (χ1n) is 9.01. The number of hydrogen-bond acceptors (Lipinski definition) is 4. The van der Waals surface area contributed by atoms with Crippen molar-refractivity contribution in [2.45, 2.75) is 19.0 Å². The second-order valence-electron chi connectivity index (χ2n) is 6.53. The predicted octanol–water partition coefficient (Wildman–Crippen LogP) is 4.44. The smallest absolute Gasteiger partial charge is 0.416 e. The van der Waals surface area contributed by atoms with Crippen LogP contribution in [0, 0.1) is 0 Å². The molecule has 154 valence electrons. The zero-order valence-corrected chi connectivity index (χ0v) is 16.5. The van der Waals surface area contributed by atoms with Gasteiger partial charge in [0.25, 0.3) is 5.91 Å². The Morgan fingerprint density at radius 1 is 1.14 bits per heavy atom. The Labute approximate surface area is 171 Å². The highest BCUT2D eigenvalue weighted by Gasteiger charge is 2.32. The molecule has 0 atom stereocenters. The van der Waals surface area contributed by atoms with E-state index in [1.165, 1.54) is 13.2 Å². The minimum atomic E-state index is -4.48. The van der Waals surface area contributed by atoms with E-state index in [1.807, 2.05) is 4.90 Å². The number of ether oxygens (including phenoxy) is 1. The molecule has 1 heterocycles. The quantitative estimate of drug-likeness (QED) is 0.712. The molecule has 0 aliphatic carbocycles. The number of amides is 1. The van der Waals surface area contributed by atoms with Crippen LogP contribution >= 0.6 is 12.2 Å². The topological polar surface area (TPSA) is 53.6 Å². The summed E-state index contributed by atoms with van der Waals surface area (Å²) < 4.78 is 44.7. The summed E-state index contributed by atoms with van der Waals surface area (Å²) in [4.78, 5) is 14.5. The largest absolute Gasteiger partial charge is 0.496 e. The van der Waals surface area contributed by atoms with Gasteiger partial charge in [-0.1, -0.05) is 12.1 Å². The van der Waals surface area contributed by atoms with Crippen molar-refractivity contribution in [1.82, 2.24) is 5.32 Å². The standard InChI is InChI=1S/C20H20F3N3O2S/c1-28-17-7-3-2-6-14(17)18(27)25-19(29)24-15-12-13(20(21,22)23)8-9-16(15)26-10-4-5-11-26/h2-3,6-9,12H,4-5,10-11H2,1H3,(H2,24,25,27,29). The number of carbonyl (C=O) groups is 1. The maximum atomic E-state index is 13.2. The molecule has 29 heavy (non-hydrogen) atoms. The van der Waals surface area contributed by atoms with Gasteiger partial charge in [-0.15, -0.1) is 0 Å². The Bertz CT molecular complexity index is 912. The van der Waals surface area contributed by atoms with Crippen molar-refractivity contribution in [3.63, 3.8) is 0 Å². The number of nitrogens with one attached hydrogen (secondary N) is 2. The number of carbonyl (C=O) groups excluding carboxylic acids is 1. The van der Waals surface area contributed by atoms with Crippen LogP contribution in [0.5, 0.6) is 5.75 Å². The van der Waals surface area contributed by atoms with Crippen molar-refractivity contribution in [2.75, 3.05) is 30.4 Å². The lowest BCUT2D eigenvalue weighted by atomic mass is 10.1. The van der Waals surface area contributed by atoms with Crippen molar-refractivity contribution < 1.29 is 22.7 Å². The van der Waals surface area contributed by atoms with E-state index in [0.717, 1.165) is 38.1 Å². The number of methoxy groups -OCH3 is 1. The van der Waals surface area contributed by atoms with Crippen LogP contribution in [0.15, 0.2) is 42.5 Å². The van der Waals surface area contributed by atoms with Gasteiger partial charge < -0.3 is 15.0 Å². The van der Waals surface area contributed by atoms with E-state index in [2.05, 4.69) is 10.6 Å². The number of rotatable bonds is 4. The minimum absolute atomic E-state index is 0.0966. The second-order valence-corrected chi connectivity index (χ2v) is 6.94. The van der Waals surface area contributed by atoms with Crippen LogP contribution in [-0.2, 0) is 6.18 Å². The molecule has 2 aromatic rings. The molecule has 1 fully saturated rings. The fourth-order valence-electron chi connectivity index (χ4n) is 3.20. The van der Waals surface area contributed by atoms with Crippen LogP contribution in [-0.4, -0.2) is 31.2 Å². The Kier molecular flexibility index (Phi) is 6.26. The van der Waals surface area contributed by atoms with Crippen molar-refractivity contribution in [1.29, 1.82) is 0 Å². The SMILES string of the molecule is COc1ccccc1C(=O)NC(=S)Nc1cc(C(F)(F)F)ccc1N1CCCC1. The Morgan fingerprint density at radius 2 is 1.83 bits per heavy atom. The molecule has 0 spiro atoms. The first-order chi connectivity index (χ1) is 13.8. The van der Waals surface area contributed by atoms with E-state index in [9.17, 15) is 18.0 Å². The van der Waals surface area contributed by atoms with Crippen molar-refractivity contribution in [3.8, 4) is 5.75 Å². The molecule has 0 radical (unpaired) electrons. The number of halogens is 3. The van der Waals surface area contributed by atoms with Gasteiger partial charge in [-0.2, -0.15) is 13.2 Å². The van der Waals surface area contributed by atoms with Gasteiger partial charge >= 0.3 is 6.18 Å². The molecule has 0 aromatic heterocycles. The lowest BCUT2D eigenvalue weighted by Crippen LogP contribution is -2.35.